The second kappa shape index (κ2) is 10.1. The number of rotatable bonds is 6. The van der Waals surface area contributed by atoms with Gasteiger partial charge in [-0.2, -0.15) is 0 Å². The van der Waals surface area contributed by atoms with Crippen molar-refractivity contribution in [3.63, 3.8) is 0 Å². The molecule has 1 aromatic rings. The van der Waals surface area contributed by atoms with Crippen LogP contribution in [0.25, 0.3) is 0 Å². The van der Waals surface area contributed by atoms with Crippen molar-refractivity contribution < 1.29 is 19.1 Å². The fraction of sp³-hybridized carbons (Fsp3) is 0.667. The number of nitrogens with two attached hydrogens (primary N) is 1. The van der Waals surface area contributed by atoms with Gasteiger partial charge in [-0.15, -0.1) is 0 Å². The lowest BCUT2D eigenvalue weighted by Crippen LogP contribution is -2.54. The van der Waals surface area contributed by atoms with Gasteiger partial charge in [0.25, 0.3) is 0 Å². The highest BCUT2D eigenvalue weighted by Gasteiger charge is 2.32. The van der Waals surface area contributed by atoms with E-state index in [0.717, 1.165) is 43.5 Å². The summed E-state index contributed by atoms with van der Waals surface area (Å²) in [6, 6.07) is 7.53. The molecule has 1 aromatic carbocycles. The molecule has 2 aliphatic rings. The molecule has 1 saturated carbocycles. The molecule has 0 aromatic heterocycles. The molecule has 2 N–H and O–H groups in total. The number of carbonyl (C=O) groups is 2. The molecule has 0 spiro atoms. The molecular formula is C24H37N3O4. The summed E-state index contributed by atoms with van der Waals surface area (Å²) in [5, 5.41) is 0. The number of nitrogens with zero attached hydrogens (tertiary/aromatic N) is 2. The average molecular weight is 432 g/mol. The van der Waals surface area contributed by atoms with Gasteiger partial charge in [0.15, 0.2) is 0 Å². The number of benzene rings is 1. The van der Waals surface area contributed by atoms with Gasteiger partial charge in [-0.3, -0.25) is 14.5 Å². The van der Waals surface area contributed by atoms with Gasteiger partial charge in [0, 0.05) is 31.9 Å². The van der Waals surface area contributed by atoms with Crippen molar-refractivity contribution in [2.45, 2.75) is 76.7 Å². The Morgan fingerprint density at radius 2 is 1.77 bits per heavy atom. The zero-order valence-electron chi connectivity index (χ0n) is 19.3. The minimum atomic E-state index is -0.705. The number of ether oxygens (including phenoxy) is 2. The Balaban J connectivity index is 1.52. The van der Waals surface area contributed by atoms with E-state index in [0.29, 0.717) is 31.7 Å². The van der Waals surface area contributed by atoms with Crippen LogP contribution in [0.4, 0.5) is 5.69 Å². The monoisotopic (exact) mass is 431 g/mol. The van der Waals surface area contributed by atoms with E-state index in [1.54, 1.807) is 7.11 Å². The SMILES string of the molecule is COC1CCC(N2CCN(c3ccc(CC(N)C(=O)OC(C)(C)C)cc3)C(=O)C2)CC1. The zero-order chi connectivity index (χ0) is 22.6. The van der Waals surface area contributed by atoms with E-state index >= 15 is 0 Å². The maximum Gasteiger partial charge on any atom is 0.323 e. The third-order valence-electron chi connectivity index (χ3n) is 6.16. The molecule has 172 valence electrons. The first-order valence-corrected chi connectivity index (χ1v) is 11.3. The Morgan fingerprint density at radius 1 is 1.13 bits per heavy atom. The van der Waals surface area contributed by atoms with Crippen LogP contribution in [0.5, 0.6) is 0 Å². The van der Waals surface area contributed by atoms with E-state index in [-0.39, 0.29) is 5.91 Å². The van der Waals surface area contributed by atoms with Crippen LogP contribution in [0.1, 0.15) is 52.0 Å². The number of esters is 1. The Morgan fingerprint density at radius 3 is 2.32 bits per heavy atom. The molecule has 3 rings (SSSR count). The van der Waals surface area contributed by atoms with E-state index in [2.05, 4.69) is 4.90 Å². The van der Waals surface area contributed by atoms with Gasteiger partial charge in [-0.25, -0.2) is 0 Å². The summed E-state index contributed by atoms with van der Waals surface area (Å²) in [6.07, 6.45) is 5.11. The first-order chi connectivity index (χ1) is 14.7. The number of hydrogen-bond donors (Lipinski definition) is 1. The second-order valence-corrected chi connectivity index (χ2v) is 9.69. The number of hydrogen-bond acceptors (Lipinski definition) is 6. The van der Waals surface area contributed by atoms with Crippen molar-refractivity contribution in [1.29, 1.82) is 0 Å². The fourth-order valence-electron chi connectivity index (χ4n) is 4.45. The van der Waals surface area contributed by atoms with E-state index in [1.165, 1.54) is 0 Å². The third kappa shape index (κ3) is 6.51. The summed E-state index contributed by atoms with van der Waals surface area (Å²) in [7, 11) is 1.78. The van der Waals surface area contributed by atoms with Crippen LogP contribution in [0.3, 0.4) is 0 Å². The molecule has 7 heteroatoms. The van der Waals surface area contributed by atoms with Crippen LogP contribution in [0, 0.1) is 0 Å². The first kappa shape index (κ1) is 23.7. The molecule has 0 bridgehead atoms. The highest BCUT2D eigenvalue weighted by atomic mass is 16.6. The minimum Gasteiger partial charge on any atom is -0.459 e. The largest absolute Gasteiger partial charge is 0.459 e. The van der Waals surface area contributed by atoms with Gasteiger partial charge >= 0.3 is 5.97 Å². The topological polar surface area (TPSA) is 85.1 Å². The standard InChI is InChI=1S/C24H37N3O4/c1-24(2,3)31-23(29)21(25)15-17-5-7-19(8-6-17)27-14-13-26(16-22(27)28)18-9-11-20(30-4)12-10-18/h5-8,18,20-21H,9-16,25H2,1-4H3. The van der Waals surface area contributed by atoms with Crippen LogP contribution in [-0.2, 0) is 25.5 Å². The number of amides is 1. The van der Waals surface area contributed by atoms with E-state index < -0.39 is 17.6 Å². The third-order valence-corrected chi connectivity index (χ3v) is 6.16. The molecule has 0 radical (unpaired) electrons. The van der Waals surface area contributed by atoms with E-state index in [4.69, 9.17) is 15.2 Å². The van der Waals surface area contributed by atoms with Crippen molar-refractivity contribution in [1.82, 2.24) is 4.90 Å². The van der Waals surface area contributed by atoms with Gasteiger partial charge in [0.1, 0.15) is 11.6 Å². The molecular weight excluding hydrogens is 394 g/mol. The number of methoxy groups -OCH3 is 1. The maximum atomic E-state index is 12.8. The molecule has 31 heavy (non-hydrogen) atoms. The summed E-state index contributed by atoms with van der Waals surface area (Å²) in [5.41, 5.74) is 7.30. The van der Waals surface area contributed by atoms with Crippen LogP contribution in [-0.4, -0.2) is 67.3 Å². The highest BCUT2D eigenvalue weighted by molar-refractivity contribution is 5.95. The van der Waals surface area contributed by atoms with Gasteiger partial charge in [-0.1, -0.05) is 12.1 Å². The number of carbonyl (C=O) groups excluding carboxylic acids is 2. The first-order valence-electron chi connectivity index (χ1n) is 11.3. The summed E-state index contributed by atoms with van der Waals surface area (Å²) < 4.78 is 10.8. The molecule has 7 nitrogen and oxygen atoms in total. The predicted octanol–water partition coefficient (Wildman–Crippen LogP) is 2.50. The van der Waals surface area contributed by atoms with Gasteiger partial charge < -0.3 is 20.1 Å². The van der Waals surface area contributed by atoms with Crippen molar-refractivity contribution >= 4 is 17.6 Å². The van der Waals surface area contributed by atoms with Crippen LogP contribution < -0.4 is 10.6 Å². The maximum absolute atomic E-state index is 12.8. The quantitative estimate of drug-likeness (QED) is 0.697. The average Bonchev–Trinajstić information content (AvgIpc) is 2.73. The van der Waals surface area contributed by atoms with Crippen LogP contribution >= 0.6 is 0 Å². The van der Waals surface area contributed by atoms with Crippen LogP contribution in [0.2, 0.25) is 0 Å². The number of piperazine rings is 1. The van der Waals surface area contributed by atoms with E-state index in [9.17, 15) is 9.59 Å². The Kier molecular flexibility index (Phi) is 7.73. The molecule has 1 aliphatic heterocycles. The minimum absolute atomic E-state index is 0.137. The van der Waals surface area contributed by atoms with Gasteiger partial charge in [-0.05, 0) is 70.6 Å². The summed E-state index contributed by atoms with van der Waals surface area (Å²) >= 11 is 0. The summed E-state index contributed by atoms with van der Waals surface area (Å²) in [5.74, 6) is -0.263. The summed E-state index contributed by atoms with van der Waals surface area (Å²) in [4.78, 5) is 29.1. The van der Waals surface area contributed by atoms with Crippen LogP contribution in [0.15, 0.2) is 24.3 Å². The molecule has 2 fully saturated rings. The van der Waals surface area contributed by atoms with Crippen molar-refractivity contribution in [2.24, 2.45) is 5.73 Å². The van der Waals surface area contributed by atoms with Crippen molar-refractivity contribution in [3.05, 3.63) is 29.8 Å². The Hall–Kier alpha value is -1.96. The van der Waals surface area contributed by atoms with E-state index in [1.807, 2.05) is 49.9 Å². The normalized spacial score (nSPS) is 24.2. The predicted molar refractivity (Wildman–Crippen MR) is 121 cm³/mol. The molecule has 1 unspecified atom stereocenters. The molecule has 1 atom stereocenters. The lowest BCUT2D eigenvalue weighted by atomic mass is 9.91. The number of anilines is 1. The Labute approximate surface area is 185 Å². The fourth-order valence-corrected chi connectivity index (χ4v) is 4.45. The van der Waals surface area contributed by atoms with Crippen molar-refractivity contribution in [3.8, 4) is 0 Å². The summed E-state index contributed by atoms with van der Waals surface area (Å²) in [6.45, 7) is 7.53. The molecule has 1 aliphatic carbocycles. The Bertz CT molecular complexity index is 751. The zero-order valence-corrected chi connectivity index (χ0v) is 19.3. The second-order valence-electron chi connectivity index (χ2n) is 9.69. The highest BCUT2D eigenvalue weighted by Crippen LogP contribution is 2.27. The molecule has 1 heterocycles. The molecule has 1 saturated heterocycles. The van der Waals surface area contributed by atoms with Gasteiger partial charge in [0.2, 0.25) is 5.91 Å². The lowest BCUT2D eigenvalue weighted by molar-refractivity contribution is -0.156. The molecule has 1 amide bonds. The van der Waals surface area contributed by atoms with Crippen molar-refractivity contribution in [2.75, 3.05) is 31.6 Å². The lowest BCUT2D eigenvalue weighted by Gasteiger charge is -2.41. The smallest absolute Gasteiger partial charge is 0.323 e. The van der Waals surface area contributed by atoms with Gasteiger partial charge in [0.05, 0.1) is 12.6 Å².